The minimum Gasteiger partial charge on any atom is -0.494 e. The zero-order chi connectivity index (χ0) is 19.4. The predicted octanol–water partition coefficient (Wildman–Crippen LogP) is 4.07. The number of allylic oxidation sites excluding steroid dienone is 1. The maximum absolute atomic E-state index is 12.9. The second kappa shape index (κ2) is 8.56. The van der Waals surface area contributed by atoms with Gasteiger partial charge in [0.1, 0.15) is 18.1 Å². The zero-order valence-electron chi connectivity index (χ0n) is 15.7. The molecule has 8 heteroatoms. The van der Waals surface area contributed by atoms with Crippen LogP contribution in [0.1, 0.15) is 45.2 Å². The molecule has 27 heavy (non-hydrogen) atoms. The first kappa shape index (κ1) is 19.4. The molecule has 0 fully saturated rings. The molecule has 3 rings (SSSR count). The second-order valence-electron chi connectivity index (χ2n) is 6.20. The summed E-state index contributed by atoms with van der Waals surface area (Å²) in [5.74, 6) is 0.910. The monoisotopic (exact) mass is 434 g/mol. The maximum Gasteiger partial charge on any atom is 0.338 e. The number of anilines is 1. The summed E-state index contributed by atoms with van der Waals surface area (Å²) < 4.78 is 13.9. The van der Waals surface area contributed by atoms with Gasteiger partial charge in [-0.2, -0.15) is 10.1 Å². The Morgan fingerprint density at radius 2 is 2.19 bits per heavy atom. The van der Waals surface area contributed by atoms with Gasteiger partial charge in [0.2, 0.25) is 5.95 Å². The molecule has 7 nitrogen and oxygen atoms in total. The number of hydrogen-bond donors (Lipinski definition) is 1. The fourth-order valence-electron chi connectivity index (χ4n) is 3.05. The average Bonchev–Trinajstić information content (AvgIpc) is 3.10. The Balaban J connectivity index is 2.09. The van der Waals surface area contributed by atoms with Crippen LogP contribution in [-0.2, 0) is 9.53 Å². The van der Waals surface area contributed by atoms with E-state index in [1.54, 1.807) is 4.68 Å². The maximum atomic E-state index is 12.9. The first-order valence-corrected chi connectivity index (χ1v) is 9.82. The van der Waals surface area contributed by atoms with Crippen LogP contribution in [0.2, 0.25) is 0 Å². The highest BCUT2D eigenvalue weighted by Gasteiger charge is 2.36. The van der Waals surface area contributed by atoms with Crippen LogP contribution in [-0.4, -0.2) is 33.9 Å². The zero-order valence-corrected chi connectivity index (χ0v) is 17.2. The Labute approximate surface area is 166 Å². The molecular formula is C19H23BrN4O3. The summed E-state index contributed by atoms with van der Waals surface area (Å²) in [5, 5.41) is 7.48. The number of ether oxygens (including phenoxy) is 2. The Bertz CT molecular complexity index is 862. The van der Waals surface area contributed by atoms with E-state index in [-0.39, 0.29) is 5.97 Å². The van der Waals surface area contributed by atoms with Crippen molar-refractivity contribution in [1.29, 1.82) is 0 Å². The average molecular weight is 435 g/mol. The van der Waals surface area contributed by atoms with Gasteiger partial charge in [0.05, 0.1) is 18.8 Å². The lowest BCUT2D eigenvalue weighted by Gasteiger charge is -2.29. The van der Waals surface area contributed by atoms with Crippen LogP contribution in [0, 0.1) is 0 Å². The van der Waals surface area contributed by atoms with Crippen molar-refractivity contribution >= 4 is 27.8 Å². The molecule has 1 aliphatic heterocycles. The lowest BCUT2D eigenvalue weighted by atomic mass is 9.95. The van der Waals surface area contributed by atoms with E-state index >= 15 is 0 Å². The standard InChI is InChI=1S/C19H23BrN4O3/c1-4-6-9-27-18(25)16-12(3)23-19-21-11-22-24(19)17(16)14-10-13(20)7-8-15(14)26-5-2/h7-8,10-11,17H,4-6,9H2,1-3H3,(H,21,22,23). The van der Waals surface area contributed by atoms with Crippen molar-refractivity contribution in [2.45, 2.75) is 39.7 Å². The van der Waals surface area contributed by atoms with Crippen molar-refractivity contribution in [2.24, 2.45) is 0 Å². The minimum atomic E-state index is -0.489. The minimum absolute atomic E-state index is 0.359. The molecule has 2 heterocycles. The highest BCUT2D eigenvalue weighted by atomic mass is 79.9. The van der Waals surface area contributed by atoms with Crippen LogP contribution in [0.5, 0.6) is 5.75 Å². The molecular weight excluding hydrogens is 412 g/mol. The van der Waals surface area contributed by atoms with Crippen molar-refractivity contribution < 1.29 is 14.3 Å². The summed E-state index contributed by atoms with van der Waals surface area (Å²) >= 11 is 3.52. The largest absolute Gasteiger partial charge is 0.494 e. The fraction of sp³-hybridized carbons (Fsp3) is 0.421. The van der Waals surface area contributed by atoms with Crippen LogP contribution in [0.25, 0.3) is 0 Å². The number of aromatic nitrogens is 3. The smallest absolute Gasteiger partial charge is 0.338 e. The molecule has 1 aromatic heterocycles. The number of esters is 1. The van der Waals surface area contributed by atoms with Gasteiger partial charge in [0.25, 0.3) is 0 Å². The van der Waals surface area contributed by atoms with Gasteiger partial charge in [-0.15, -0.1) is 0 Å². The van der Waals surface area contributed by atoms with Crippen molar-refractivity contribution in [3.63, 3.8) is 0 Å². The molecule has 0 spiro atoms. The quantitative estimate of drug-likeness (QED) is 0.522. The molecule has 1 aromatic carbocycles. The van der Waals surface area contributed by atoms with Gasteiger partial charge in [0.15, 0.2) is 0 Å². The summed E-state index contributed by atoms with van der Waals surface area (Å²) in [6.07, 6.45) is 3.25. The third kappa shape index (κ3) is 4.00. The van der Waals surface area contributed by atoms with E-state index in [1.807, 2.05) is 32.0 Å². The van der Waals surface area contributed by atoms with Crippen LogP contribution in [0.15, 0.2) is 40.3 Å². The summed E-state index contributed by atoms with van der Waals surface area (Å²) in [4.78, 5) is 17.2. The number of carbonyl (C=O) groups is 1. The molecule has 1 aliphatic rings. The van der Waals surface area contributed by atoms with Gasteiger partial charge >= 0.3 is 5.97 Å². The normalized spacial score (nSPS) is 15.9. The number of nitrogens with zero attached hydrogens (tertiary/aromatic N) is 3. The molecule has 1 unspecified atom stereocenters. The Morgan fingerprint density at radius 3 is 2.93 bits per heavy atom. The van der Waals surface area contributed by atoms with Crippen molar-refractivity contribution in [1.82, 2.24) is 14.8 Å². The van der Waals surface area contributed by atoms with E-state index in [2.05, 4.69) is 38.3 Å². The molecule has 0 amide bonds. The van der Waals surface area contributed by atoms with Crippen molar-refractivity contribution in [2.75, 3.05) is 18.5 Å². The number of halogens is 1. The number of nitrogens with one attached hydrogen (secondary N) is 1. The van der Waals surface area contributed by atoms with Gasteiger partial charge in [-0.1, -0.05) is 29.3 Å². The highest BCUT2D eigenvalue weighted by molar-refractivity contribution is 9.10. The topological polar surface area (TPSA) is 78.3 Å². The molecule has 0 bridgehead atoms. The second-order valence-corrected chi connectivity index (χ2v) is 7.11. The first-order chi connectivity index (χ1) is 13.1. The number of carbonyl (C=O) groups excluding carboxylic acids is 1. The first-order valence-electron chi connectivity index (χ1n) is 9.03. The molecule has 1 N–H and O–H groups in total. The fourth-order valence-corrected chi connectivity index (χ4v) is 3.43. The number of hydrogen-bond acceptors (Lipinski definition) is 6. The molecule has 0 radical (unpaired) electrons. The van der Waals surface area contributed by atoms with E-state index in [0.717, 1.165) is 22.9 Å². The van der Waals surface area contributed by atoms with Gasteiger partial charge < -0.3 is 14.8 Å². The van der Waals surface area contributed by atoms with E-state index in [9.17, 15) is 4.79 Å². The van der Waals surface area contributed by atoms with Gasteiger partial charge in [0, 0.05) is 15.7 Å². The van der Waals surface area contributed by atoms with Crippen molar-refractivity contribution in [3.8, 4) is 5.75 Å². The number of benzene rings is 1. The van der Waals surface area contributed by atoms with E-state index < -0.39 is 6.04 Å². The lowest BCUT2D eigenvalue weighted by Crippen LogP contribution is -2.30. The third-order valence-electron chi connectivity index (χ3n) is 4.31. The Kier molecular flexibility index (Phi) is 6.15. The lowest BCUT2D eigenvalue weighted by molar-refractivity contribution is -0.139. The SMILES string of the molecule is CCCCOC(=O)C1=C(C)Nc2ncnn2C1c1cc(Br)ccc1OCC. The van der Waals surface area contributed by atoms with Crippen LogP contribution < -0.4 is 10.1 Å². The molecule has 144 valence electrons. The molecule has 1 atom stereocenters. The third-order valence-corrected chi connectivity index (χ3v) is 4.80. The van der Waals surface area contributed by atoms with E-state index in [1.165, 1.54) is 6.33 Å². The predicted molar refractivity (Wildman–Crippen MR) is 106 cm³/mol. The highest BCUT2D eigenvalue weighted by Crippen LogP contribution is 2.40. The Hall–Kier alpha value is -2.35. The van der Waals surface area contributed by atoms with Gasteiger partial charge in [-0.05, 0) is 38.5 Å². The van der Waals surface area contributed by atoms with Crippen LogP contribution in [0.3, 0.4) is 0 Å². The van der Waals surface area contributed by atoms with Crippen LogP contribution in [0.4, 0.5) is 5.95 Å². The molecule has 0 saturated carbocycles. The number of fused-ring (bicyclic) bond motifs is 1. The van der Waals surface area contributed by atoms with Crippen LogP contribution >= 0.6 is 15.9 Å². The van der Waals surface area contributed by atoms with Gasteiger partial charge in [-0.25, -0.2) is 9.48 Å². The summed E-state index contributed by atoms with van der Waals surface area (Å²) in [6, 6.07) is 5.25. The van der Waals surface area contributed by atoms with Crippen molar-refractivity contribution in [3.05, 3.63) is 45.8 Å². The molecule has 0 saturated heterocycles. The number of rotatable bonds is 7. The summed E-state index contributed by atoms with van der Waals surface area (Å²) in [6.45, 7) is 6.74. The molecule has 2 aromatic rings. The van der Waals surface area contributed by atoms with Gasteiger partial charge in [-0.3, -0.25) is 0 Å². The summed E-state index contributed by atoms with van der Waals surface area (Å²) in [5.41, 5.74) is 2.02. The summed E-state index contributed by atoms with van der Waals surface area (Å²) in [7, 11) is 0. The Morgan fingerprint density at radius 1 is 1.37 bits per heavy atom. The molecule has 0 aliphatic carbocycles. The van der Waals surface area contributed by atoms with E-state index in [0.29, 0.717) is 36.2 Å². The number of unbranched alkanes of at least 4 members (excludes halogenated alkanes) is 1. The van der Waals surface area contributed by atoms with E-state index in [4.69, 9.17) is 9.47 Å².